The van der Waals surface area contributed by atoms with Gasteiger partial charge < -0.3 is 10.1 Å². The van der Waals surface area contributed by atoms with Crippen LogP contribution < -0.4 is 5.32 Å². The second-order valence-corrected chi connectivity index (χ2v) is 4.24. The number of terminal acetylenes is 1. The zero-order valence-electron chi connectivity index (χ0n) is 9.42. The summed E-state index contributed by atoms with van der Waals surface area (Å²) in [6, 6.07) is 0. The van der Waals surface area contributed by atoms with E-state index in [1.165, 1.54) is 11.3 Å². The molecular weight excluding hydrogens is 252 g/mol. The molecule has 0 saturated heterocycles. The minimum Gasteiger partial charge on any atom is -0.368 e. The van der Waals surface area contributed by atoms with Gasteiger partial charge in [0, 0.05) is 12.4 Å². The van der Waals surface area contributed by atoms with E-state index in [0.717, 1.165) is 0 Å². The van der Waals surface area contributed by atoms with Crippen LogP contribution in [0.25, 0.3) is 10.5 Å². The zero-order valence-corrected chi connectivity index (χ0v) is 10.2. The first-order valence-electron chi connectivity index (χ1n) is 5.18. The van der Waals surface area contributed by atoms with Crippen molar-refractivity contribution in [3.63, 3.8) is 0 Å². The Morgan fingerprint density at radius 2 is 2.33 bits per heavy atom. The number of hydrogen-bond donors (Lipinski definition) is 1. The molecule has 0 aromatic carbocycles. The molecule has 2 aromatic rings. The van der Waals surface area contributed by atoms with Crippen molar-refractivity contribution in [3.05, 3.63) is 12.4 Å². The number of hydrogen-bond acceptors (Lipinski definition) is 6. The predicted octanol–water partition coefficient (Wildman–Crippen LogP) is 1.06. The number of amides is 1. The van der Waals surface area contributed by atoms with E-state index >= 15 is 0 Å². The van der Waals surface area contributed by atoms with Crippen molar-refractivity contribution in [2.24, 2.45) is 0 Å². The van der Waals surface area contributed by atoms with Crippen molar-refractivity contribution < 1.29 is 9.53 Å². The lowest BCUT2D eigenvalue weighted by atomic mass is 10.4. The molecule has 1 N–H and O–H groups in total. The summed E-state index contributed by atoms with van der Waals surface area (Å²) >= 11 is 1.28. The summed E-state index contributed by atoms with van der Waals surface area (Å²) < 4.78 is 5.01. The number of rotatable bonds is 5. The van der Waals surface area contributed by atoms with Crippen LogP contribution >= 0.6 is 11.3 Å². The molecule has 0 radical (unpaired) electrons. The van der Waals surface area contributed by atoms with Crippen molar-refractivity contribution in [3.8, 4) is 12.3 Å². The second-order valence-electron chi connectivity index (χ2n) is 3.26. The Kier molecular flexibility index (Phi) is 4.17. The molecule has 7 heteroatoms. The third-order valence-corrected chi connectivity index (χ3v) is 2.82. The number of anilines is 1. The van der Waals surface area contributed by atoms with Gasteiger partial charge in [0.1, 0.15) is 6.61 Å². The van der Waals surface area contributed by atoms with Crippen molar-refractivity contribution in [2.45, 2.75) is 6.42 Å². The van der Waals surface area contributed by atoms with E-state index in [2.05, 4.69) is 26.2 Å². The highest BCUT2D eigenvalue weighted by molar-refractivity contribution is 7.21. The molecule has 2 heterocycles. The van der Waals surface area contributed by atoms with Crippen LogP contribution in [0.15, 0.2) is 12.4 Å². The maximum absolute atomic E-state index is 11.5. The number of nitrogens with one attached hydrogen (secondary N) is 1. The van der Waals surface area contributed by atoms with Gasteiger partial charge in [0.25, 0.3) is 0 Å². The van der Waals surface area contributed by atoms with E-state index in [9.17, 15) is 4.79 Å². The van der Waals surface area contributed by atoms with Gasteiger partial charge in [-0.3, -0.25) is 4.79 Å². The van der Waals surface area contributed by atoms with Gasteiger partial charge in [0.05, 0.1) is 13.0 Å². The summed E-state index contributed by atoms with van der Waals surface area (Å²) in [5.74, 6) is 2.15. The molecule has 0 aliphatic rings. The fourth-order valence-electron chi connectivity index (χ4n) is 1.21. The summed E-state index contributed by atoms with van der Waals surface area (Å²) in [6.07, 6.45) is 8.39. The topological polar surface area (TPSA) is 77.0 Å². The highest BCUT2D eigenvalue weighted by Crippen LogP contribution is 2.21. The number of nitrogens with zero attached hydrogens (tertiary/aromatic N) is 3. The molecule has 1 amide bonds. The van der Waals surface area contributed by atoms with Crippen LogP contribution in [0.5, 0.6) is 0 Å². The number of fused-ring (bicyclic) bond motifs is 1. The van der Waals surface area contributed by atoms with Crippen LogP contribution in [0.2, 0.25) is 0 Å². The third kappa shape index (κ3) is 3.23. The summed E-state index contributed by atoms with van der Waals surface area (Å²) in [5.41, 5.74) is 0.529. The molecule has 0 saturated carbocycles. The monoisotopic (exact) mass is 262 g/mol. The molecule has 0 spiro atoms. The smallest absolute Gasteiger partial charge is 0.228 e. The van der Waals surface area contributed by atoms with Gasteiger partial charge in [-0.25, -0.2) is 9.97 Å². The average molecular weight is 262 g/mol. The zero-order chi connectivity index (χ0) is 12.8. The lowest BCUT2D eigenvalue weighted by Gasteiger charge is -2.00. The van der Waals surface area contributed by atoms with Gasteiger partial charge >= 0.3 is 0 Å². The first-order valence-corrected chi connectivity index (χ1v) is 6.00. The van der Waals surface area contributed by atoms with Gasteiger partial charge in [-0.2, -0.15) is 4.98 Å². The number of carbonyl (C=O) groups excluding carboxylic acids is 1. The minimum absolute atomic E-state index is 0.175. The Bertz CT molecular complexity index is 557. The van der Waals surface area contributed by atoms with Crippen LogP contribution in [-0.4, -0.2) is 34.1 Å². The van der Waals surface area contributed by atoms with Crippen LogP contribution in [0.4, 0.5) is 5.13 Å². The Labute approximate surface area is 107 Å². The minimum atomic E-state index is -0.175. The molecule has 92 valence electrons. The molecule has 2 aromatic heterocycles. The van der Waals surface area contributed by atoms with Gasteiger partial charge in [-0.1, -0.05) is 17.3 Å². The maximum atomic E-state index is 11.5. The summed E-state index contributed by atoms with van der Waals surface area (Å²) in [7, 11) is 0. The second kappa shape index (κ2) is 6.05. The molecule has 0 aliphatic carbocycles. The number of thiazole rings is 1. The lowest BCUT2D eigenvalue weighted by molar-refractivity contribution is -0.117. The molecule has 0 atom stereocenters. The van der Waals surface area contributed by atoms with Gasteiger partial charge in [0.15, 0.2) is 15.6 Å². The molecular formula is C11H10N4O2S. The van der Waals surface area contributed by atoms with E-state index in [0.29, 0.717) is 15.6 Å². The normalized spacial score (nSPS) is 10.2. The molecule has 0 unspecified atom stereocenters. The highest BCUT2D eigenvalue weighted by atomic mass is 32.1. The maximum Gasteiger partial charge on any atom is 0.228 e. The van der Waals surface area contributed by atoms with Gasteiger partial charge in [-0.05, 0) is 0 Å². The first kappa shape index (κ1) is 12.4. The Hall–Kier alpha value is -2.04. The Morgan fingerprint density at radius 3 is 3.11 bits per heavy atom. The van der Waals surface area contributed by atoms with E-state index in [1.54, 1.807) is 12.4 Å². The molecule has 18 heavy (non-hydrogen) atoms. The van der Waals surface area contributed by atoms with Crippen LogP contribution in [0.3, 0.4) is 0 Å². The number of aromatic nitrogens is 3. The largest absolute Gasteiger partial charge is 0.368 e. The third-order valence-electron chi connectivity index (χ3n) is 1.95. The number of carbonyl (C=O) groups is 1. The quantitative estimate of drug-likeness (QED) is 0.644. The summed E-state index contributed by atoms with van der Waals surface area (Å²) in [5, 5.41) is 3.15. The molecule has 0 fully saturated rings. The van der Waals surface area contributed by atoms with Gasteiger partial charge in [0.2, 0.25) is 5.91 Å². The summed E-state index contributed by atoms with van der Waals surface area (Å²) in [4.78, 5) is 24.5. The van der Waals surface area contributed by atoms with Gasteiger partial charge in [-0.15, -0.1) is 6.42 Å². The van der Waals surface area contributed by atoms with Crippen LogP contribution in [-0.2, 0) is 9.53 Å². The highest BCUT2D eigenvalue weighted by Gasteiger charge is 2.08. The van der Waals surface area contributed by atoms with Crippen molar-refractivity contribution in [1.29, 1.82) is 0 Å². The average Bonchev–Trinajstić information content (AvgIpc) is 2.76. The SMILES string of the molecule is C#CCOCCC(=O)Nc1nc2nccnc2s1. The lowest BCUT2D eigenvalue weighted by Crippen LogP contribution is -2.14. The van der Waals surface area contributed by atoms with Crippen molar-refractivity contribution >= 4 is 32.9 Å². The Balaban J connectivity index is 1.89. The van der Waals surface area contributed by atoms with Crippen molar-refractivity contribution in [1.82, 2.24) is 15.0 Å². The molecule has 0 bridgehead atoms. The Morgan fingerprint density at radius 1 is 1.50 bits per heavy atom. The predicted molar refractivity (Wildman–Crippen MR) is 68.1 cm³/mol. The molecule has 0 aliphatic heterocycles. The van der Waals surface area contributed by atoms with E-state index in [4.69, 9.17) is 11.2 Å². The van der Waals surface area contributed by atoms with E-state index in [1.807, 2.05) is 0 Å². The summed E-state index contributed by atoms with van der Waals surface area (Å²) in [6.45, 7) is 0.500. The fourth-order valence-corrected chi connectivity index (χ4v) is 1.99. The number of ether oxygens (including phenoxy) is 1. The van der Waals surface area contributed by atoms with Crippen molar-refractivity contribution in [2.75, 3.05) is 18.5 Å². The van der Waals surface area contributed by atoms with E-state index < -0.39 is 0 Å². The fraction of sp³-hybridized carbons (Fsp3) is 0.273. The molecule has 6 nitrogen and oxygen atoms in total. The van der Waals surface area contributed by atoms with Crippen LogP contribution in [0, 0.1) is 12.3 Å². The molecule has 2 rings (SSSR count). The van der Waals surface area contributed by atoms with E-state index in [-0.39, 0.29) is 25.5 Å². The first-order chi connectivity index (χ1) is 8.79. The van der Waals surface area contributed by atoms with Crippen LogP contribution in [0.1, 0.15) is 6.42 Å². The standard InChI is InChI=1S/C11H10N4O2S/c1-2-6-17-7-3-8(16)14-11-15-9-10(18-11)13-5-4-12-9/h1,4-5H,3,6-7H2,(H,12,14,15,16).